The number of amides is 2. The van der Waals surface area contributed by atoms with Gasteiger partial charge in [0, 0.05) is 6.54 Å². The number of primary amides is 1. The second kappa shape index (κ2) is 9.94. The zero-order valence-electron chi connectivity index (χ0n) is 19.8. The van der Waals surface area contributed by atoms with Crippen LogP contribution in [-0.2, 0) is 35.2 Å². The number of ether oxygens (including phenoxy) is 2. The van der Waals surface area contributed by atoms with E-state index in [1.165, 1.54) is 4.90 Å². The van der Waals surface area contributed by atoms with E-state index in [4.69, 9.17) is 15.2 Å². The fraction of sp³-hybridized carbons (Fsp3) is 0.500. The van der Waals surface area contributed by atoms with Crippen molar-refractivity contribution in [2.24, 2.45) is 17.1 Å². The van der Waals surface area contributed by atoms with Gasteiger partial charge in [0.05, 0.1) is 30.0 Å². The Morgan fingerprint density at radius 2 is 1.85 bits per heavy atom. The van der Waals surface area contributed by atoms with Crippen LogP contribution in [0.3, 0.4) is 0 Å². The van der Waals surface area contributed by atoms with Gasteiger partial charge in [-0.3, -0.25) is 14.4 Å². The predicted octanol–water partition coefficient (Wildman–Crippen LogP) is 0.674. The van der Waals surface area contributed by atoms with E-state index < -0.39 is 42.1 Å². The van der Waals surface area contributed by atoms with Gasteiger partial charge in [-0.15, -0.1) is 0 Å². The molecule has 3 atom stereocenters. The third-order valence-electron chi connectivity index (χ3n) is 5.85. The molecule has 1 aromatic rings. The molecule has 2 aliphatic rings. The molecule has 0 radical (unpaired) electrons. The van der Waals surface area contributed by atoms with Gasteiger partial charge < -0.3 is 30.5 Å². The van der Waals surface area contributed by atoms with E-state index in [2.05, 4.69) is 5.32 Å². The summed E-state index contributed by atoms with van der Waals surface area (Å²) in [6.45, 7) is 6.53. The Balaban J connectivity index is 1.80. The van der Waals surface area contributed by atoms with Gasteiger partial charge in [-0.05, 0) is 50.8 Å². The molecule has 2 amide bonds. The highest BCUT2D eigenvalue weighted by molar-refractivity contribution is 6.06. The fourth-order valence-corrected chi connectivity index (χ4v) is 4.09. The average molecular weight is 474 g/mol. The van der Waals surface area contributed by atoms with Crippen molar-refractivity contribution in [1.82, 2.24) is 10.2 Å². The van der Waals surface area contributed by atoms with E-state index in [0.717, 1.165) is 11.1 Å². The molecule has 0 spiro atoms. The lowest BCUT2D eigenvalue weighted by atomic mass is 9.82. The molecule has 0 unspecified atom stereocenters. The number of rotatable bonds is 9. The Morgan fingerprint density at radius 1 is 1.21 bits per heavy atom. The third kappa shape index (κ3) is 5.28. The number of hydrogen-bond acceptors (Lipinski definition) is 8. The predicted molar refractivity (Wildman–Crippen MR) is 121 cm³/mol. The van der Waals surface area contributed by atoms with Gasteiger partial charge in [0.2, 0.25) is 18.6 Å². The van der Waals surface area contributed by atoms with Crippen molar-refractivity contribution in [3.05, 3.63) is 41.1 Å². The van der Waals surface area contributed by atoms with Crippen LogP contribution in [0.5, 0.6) is 0 Å². The van der Waals surface area contributed by atoms with Gasteiger partial charge >= 0.3 is 11.9 Å². The molecule has 184 valence electrons. The van der Waals surface area contributed by atoms with Gasteiger partial charge in [0.1, 0.15) is 5.70 Å². The molecule has 0 saturated carbocycles. The van der Waals surface area contributed by atoms with Crippen LogP contribution in [-0.4, -0.2) is 59.2 Å². The summed E-state index contributed by atoms with van der Waals surface area (Å²) in [6, 6.07) is 6.97. The van der Waals surface area contributed by atoms with E-state index in [1.54, 1.807) is 27.7 Å². The Hall–Kier alpha value is -3.24. The van der Waals surface area contributed by atoms with E-state index >= 15 is 0 Å². The number of nitrogens with one attached hydrogen (secondary N) is 1. The summed E-state index contributed by atoms with van der Waals surface area (Å²) in [6.07, 6.45) is -0.468. The maximum atomic E-state index is 13.0. The first-order valence-electron chi connectivity index (χ1n) is 11.1. The number of nitrogens with two attached hydrogens (primary N) is 1. The van der Waals surface area contributed by atoms with Crippen LogP contribution in [0.2, 0.25) is 0 Å². The lowest BCUT2D eigenvalue weighted by molar-refractivity contribution is -0.175. The fourth-order valence-electron chi connectivity index (χ4n) is 4.09. The third-order valence-corrected chi connectivity index (χ3v) is 5.85. The summed E-state index contributed by atoms with van der Waals surface area (Å²) in [5.74, 6) is -2.69. The van der Waals surface area contributed by atoms with Crippen molar-refractivity contribution in [3.8, 4) is 0 Å². The highest BCUT2D eigenvalue weighted by Crippen LogP contribution is 2.47. The number of hydrogen-bond donors (Lipinski definition) is 3. The maximum Gasteiger partial charge on any atom is 0.358 e. The standard InChI is InChI=1S/C24H31N3O7/c1-13(28)19-17-9-16(15-7-5-14(6-8-15)10-26-11-18(25)29)20(27(17)21(19)30)22(31)33-12-34-23(32)24(2,3)4/h5-8,13,17,19,26,28H,9-12H2,1-4H3,(H2,25,29)/t13-,17-,19-/m1/s1. The summed E-state index contributed by atoms with van der Waals surface area (Å²) >= 11 is 0. The normalized spacial score (nSPS) is 20.5. The van der Waals surface area contributed by atoms with Crippen molar-refractivity contribution in [3.63, 3.8) is 0 Å². The summed E-state index contributed by atoms with van der Waals surface area (Å²) in [5, 5.41) is 13.0. The maximum absolute atomic E-state index is 13.0. The molecule has 0 aliphatic carbocycles. The van der Waals surface area contributed by atoms with Crippen molar-refractivity contribution >= 4 is 29.3 Å². The molecule has 1 saturated heterocycles. The first-order chi connectivity index (χ1) is 15.9. The van der Waals surface area contributed by atoms with Crippen LogP contribution < -0.4 is 11.1 Å². The van der Waals surface area contributed by atoms with E-state index in [9.17, 15) is 24.3 Å². The minimum absolute atomic E-state index is 0.0577. The first-order valence-corrected chi connectivity index (χ1v) is 11.1. The minimum Gasteiger partial charge on any atom is -0.427 e. The van der Waals surface area contributed by atoms with Gasteiger partial charge in [-0.2, -0.15) is 0 Å². The van der Waals surface area contributed by atoms with Gasteiger partial charge in [0.25, 0.3) is 0 Å². The Morgan fingerprint density at radius 3 is 2.41 bits per heavy atom. The second-order valence-electron chi connectivity index (χ2n) is 9.57. The molecule has 4 N–H and O–H groups in total. The van der Waals surface area contributed by atoms with E-state index in [1.807, 2.05) is 24.3 Å². The van der Waals surface area contributed by atoms with E-state index in [0.29, 0.717) is 18.5 Å². The van der Waals surface area contributed by atoms with Crippen LogP contribution in [0.4, 0.5) is 0 Å². The quantitative estimate of drug-likeness (QED) is 0.269. The van der Waals surface area contributed by atoms with Crippen molar-refractivity contribution < 1.29 is 33.8 Å². The molecule has 10 nitrogen and oxygen atoms in total. The number of fused-ring (bicyclic) bond motifs is 1. The molecule has 3 rings (SSSR count). The Bertz CT molecular complexity index is 1010. The summed E-state index contributed by atoms with van der Waals surface area (Å²) in [5.41, 5.74) is 6.72. The number of benzene rings is 1. The van der Waals surface area contributed by atoms with Crippen LogP contribution in [0.15, 0.2) is 30.0 Å². The molecule has 0 aromatic heterocycles. The lowest BCUT2D eigenvalue weighted by Gasteiger charge is -2.44. The van der Waals surface area contributed by atoms with Crippen LogP contribution >= 0.6 is 0 Å². The topological polar surface area (TPSA) is 148 Å². The smallest absolute Gasteiger partial charge is 0.358 e. The summed E-state index contributed by atoms with van der Waals surface area (Å²) in [4.78, 5) is 49.9. The molecule has 2 heterocycles. The summed E-state index contributed by atoms with van der Waals surface area (Å²) < 4.78 is 10.2. The number of aliphatic hydroxyl groups is 1. The van der Waals surface area contributed by atoms with Crippen molar-refractivity contribution in [2.45, 2.75) is 52.8 Å². The van der Waals surface area contributed by atoms with Crippen LogP contribution in [0.25, 0.3) is 5.57 Å². The largest absolute Gasteiger partial charge is 0.427 e. The van der Waals surface area contributed by atoms with Crippen LogP contribution in [0, 0.1) is 11.3 Å². The minimum atomic E-state index is -0.850. The highest BCUT2D eigenvalue weighted by atomic mass is 16.7. The molecular formula is C24H31N3O7. The zero-order valence-corrected chi connectivity index (χ0v) is 19.8. The molecule has 2 aliphatic heterocycles. The summed E-state index contributed by atoms with van der Waals surface area (Å²) in [7, 11) is 0. The SMILES string of the molecule is C[C@@H](O)[C@H]1C(=O)N2C(C(=O)OCOC(=O)C(C)(C)C)=C(c3ccc(CNCC(N)=O)cc3)C[C@H]12. The zero-order chi connectivity index (χ0) is 25.2. The van der Waals surface area contributed by atoms with Gasteiger partial charge in [0.15, 0.2) is 0 Å². The molecule has 1 aromatic carbocycles. The molecule has 10 heteroatoms. The monoisotopic (exact) mass is 473 g/mol. The van der Waals surface area contributed by atoms with Crippen LogP contribution in [0.1, 0.15) is 45.2 Å². The molecular weight excluding hydrogens is 442 g/mol. The molecule has 0 bridgehead atoms. The average Bonchev–Trinajstić information content (AvgIpc) is 3.08. The first kappa shape index (κ1) is 25.4. The number of nitrogens with zero attached hydrogens (tertiary/aromatic N) is 1. The van der Waals surface area contributed by atoms with Crippen molar-refractivity contribution in [2.75, 3.05) is 13.3 Å². The molecule has 1 fully saturated rings. The van der Waals surface area contributed by atoms with Gasteiger partial charge in [-0.25, -0.2) is 4.79 Å². The van der Waals surface area contributed by atoms with Crippen molar-refractivity contribution in [1.29, 1.82) is 0 Å². The van der Waals surface area contributed by atoms with E-state index in [-0.39, 0.29) is 24.2 Å². The number of esters is 2. The lowest BCUT2D eigenvalue weighted by Crippen LogP contribution is -2.61. The highest BCUT2D eigenvalue weighted by Gasteiger charge is 2.57. The Labute approximate surface area is 198 Å². The van der Waals surface area contributed by atoms with Gasteiger partial charge in [-0.1, -0.05) is 24.3 Å². The molecule has 34 heavy (non-hydrogen) atoms. The number of β-lactam (4-membered cyclic amide) rings is 1. The number of carbonyl (C=O) groups excluding carboxylic acids is 4. The number of carbonyl (C=O) groups is 4. The number of aliphatic hydroxyl groups excluding tert-OH is 1. The second-order valence-corrected chi connectivity index (χ2v) is 9.57. The Kier molecular flexibility index (Phi) is 7.42.